The van der Waals surface area contributed by atoms with Crippen molar-refractivity contribution in [1.82, 2.24) is 0 Å². The number of hydrogen-bond donors (Lipinski definition) is 0. The molecule has 47 valence electrons. The lowest BCUT2D eigenvalue weighted by molar-refractivity contribution is 1.55. The zero-order valence-corrected chi connectivity index (χ0v) is 6.15. The predicted octanol–water partition coefficient (Wildman–Crippen LogP) is 3.00. The van der Waals surface area contributed by atoms with E-state index in [2.05, 4.69) is 0 Å². The molecule has 0 atom stereocenters. The summed E-state index contributed by atoms with van der Waals surface area (Å²) in [7, 11) is 0. The summed E-state index contributed by atoms with van der Waals surface area (Å²) in [5, 5.41) is 0. The molecule has 1 aromatic carbocycles. The second kappa shape index (κ2) is 3.09. The van der Waals surface area contributed by atoms with E-state index < -0.39 is 0 Å². The minimum absolute atomic E-state index is 0.315. The van der Waals surface area contributed by atoms with Gasteiger partial charge in [0.25, 0.3) is 0 Å². The van der Waals surface area contributed by atoms with Gasteiger partial charge in [-0.25, -0.2) is 0 Å². The van der Waals surface area contributed by atoms with Gasteiger partial charge in [-0.3, -0.25) is 0 Å². The van der Waals surface area contributed by atoms with E-state index in [-0.39, 0.29) is 0 Å². The molecule has 0 N–H and O–H groups in total. The first-order chi connectivity index (χ1) is 4.30. The molecule has 9 heavy (non-hydrogen) atoms. The fourth-order valence-electron chi connectivity index (χ4n) is 0.564. The molecule has 0 unspecified atom stereocenters. The fourth-order valence-corrected chi connectivity index (χ4v) is 0.816. The van der Waals surface area contributed by atoms with E-state index in [1.165, 1.54) is 0 Å². The molecule has 0 heterocycles. The maximum absolute atomic E-state index is 5.49. The molecule has 0 spiro atoms. The molecule has 1 aromatic rings. The highest BCUT2D eigenvalue weighted by molar-refractivity contribution is 6.54. The Morgan fingerprint density at radius 1 is 1.00 bits per heavy atom. The van der Waals surface area contributed by atoms with E-state index in [9.17, 15) is 0 Å². The van der Waals surface area contributed by atoms with E-state index in [0.717, 1.165) is 5.56 Å². The molecule has 0 nitrogen and oxygen atoms in total. The van der Waals surface area contributed by atoms with Crippen LogP contribution >= 0.6 is 23.2 Å². The molecule has 0 saturated heterocycles. The van der Waals surface area contributed by atoms with Crippen LogP contribution in [0, 0.1) is 4.84 Å². The second-order valence-electron chi connectivity index (χ2n) is 1.63. The van der Waals surface area contributed by atoms with E-state index in [0.29, 0.717) is 4.84 Å². The Hall–Kier alpha value is -0.200. The summed E-state index contributed by atoms with van der Waals surface area (Å²) in [6.07, 6.45) is 0. The van der Waals surface area contributed by atoms with Gasteiger partial charge in [-0.05, 0) is 5.56 Å². The highest BCUT2D eigenvalue weighted by atomic mass is 35.5. The van der Waals surface area contributed by atoms with Crippen LogP contribution in [0.5, 0.6) is 0 Å². The second-order valence-corrected chi connectivity index (χ2v) is 2.58. The first kappa shape index (κ1) is 6.91. The normalized spacial score (nSPS) is 10.1. The van der Waals surface area contributed by atoms with Crippen molar-refractivity contribution in [1.29, 1.82) is 0 Å². The highest BCUT2D eigenvalue weighted by Crippen LogP contribution is 2.21. The van der Waals surface area contributed by atoms with Gasteiger partial charge in [0, 0.05) is 0 Å². The summed E-state index contributed by atoms with van der Waals surface area (Å²) in [6, 6.07) is 9.41. The molecule has 0 aliphatic heterocycles. The van der Waals surface area contributed by atoms with Gasteiger partial charge in [0.2, 0.25) is 0 Å². The summed E-state index contributed by atoms with van der Waals surface area (Å²) < 4.78 is 0. The van der Waals surface area contributed by atoms with E-state index in [1.807, 2.05) is 30.3 Å². The minimum atomic E-state index is 0.315. The molecular weight excluding hydrogens is 155 g/mol. The van der Waals surface area contributed by atoms with Crippen molar-refractivity contribution in [2.45, 2.75) is 0 Å². The summed E-state index contributed by atoms with van der Waals surface area (Å²) in [6.45, 7) is 0. The van der Waals surface area contributed by atoms with Gasteiger partial charge >= 0.3 is 0 Å². The maximum Gasteiger partial charge on any atom is 0.180 e. The van der Waals surface area contributed by atoms with E-state index in [4.69, 9.17) is 23.2 Å². The van der Waals surface area contributed by atoms with Crippen LogP contribution in [-0.4, -0.2) is 0 Å². The quantitative estimate of drug-likeness (QED) is 0.592. The maximum atomic E-state index is 5.49. The summed E-state index contributed by atoms with van der Waals surface area (Å²) in [4.78, 5) is 0.315. The first-order valence-corrected chi connectivity index (χ1v) is 3.29. The van der Waals surface area contributed by atoms with Gasteiger partial charge in [-0.1, -0.05) is 53.5 Å². The van der Waals surface area contributed by atoms with Crippen molar-refractivity contribution >= 4 is 23.2 Å². The van der Waals surface area contributed by atoms with Crippen LogP contribution in [0.15, 0.2) is 30.3 Å². The van der Waals surface area contributed by atoms with Crippen molar-refractivity contribution in [2.24, 2.45) is 0 Å². The minimum Gasteiger partial charge on any atom is -0.0925 e. The third kappa shape index (κ3) is 1.88. The lowest BCUT2D eigenvalue weighted by Gasteiger charge is -1.95. The number of rotatable bonds is 1. The third-order valence-corrected chi connectivity index (χ3v) is 1.43. The third-order valence-electron chi connectivity index (χ3n) is 0.992. The summed E-state index contributed by atoms with van der Waals surface area (Å²) in [5.41, 5.74) is 0.862. The first-order valence-electron chi connectivity index (χ1n) is 2.54. The van der Waals surface area contributed by atoms with Crippen molar-refractivity contribution in [3.63, 3.8) is 0 Å². The van der Waals surface area contributed by atoms with Gasteiger partial charge in [-0.15, -0.1) is 0 Å². The van der Waals surface area contributed by atoms with Gasteiger partial charge in [0.15, 0.2) is 4.84 Å². The van der Waals surface area contributed by atoms with Crippen molar-refractivity contribution in [2.75, 3.05) is 0 Å². The molecule has 1 radical (unpaired) electrons. The van der Waals surface area contributed by atoms with Crippen molar-refractivity contribution in [3.05, 3.63) is 40.7 Å². The molecule has 2 heteroatoms. The highest BCUT2D eigenvalue weighted by Gasteiger charge is 2.00. The van der Waals surface area contributed by atoms with Crippen LogP contribution in [0.4, 0.5) is 0 Å². The monoisotopic (exact) mass is 159 g/mol. The Balaban J connectivity index is 2.85. The molecule has 0 aliphatic carbocycles. The zero-order valence-electron chi connectivity index (χ0n) is 4.64. The average Bonchev–Trinajstić information content (AvgIpc) is 1.90. The van der Waals surface area contributed by atoms with Crippen LogP contribution in [0.25, 0.3) is 0 Å². The van der Waals surface area contributed by atoms with Crippen LogP contribution in [0.1, 0.15) is 5.56 Å². The van der Waals surface area contributed by atoms with Crippen LogP contribution in [-0.2, 0) is 0 Å². The largest absolute Gasteiger partial charge is 0.180 e. The van der Waals surface area contributed by atoms with Gasteiger partial charge < -0.3 is 0 Å². The van der Waals surface area contributed by atoms with Crippen molar-refractivity contribution < 1.29 is 0 Å². The SMILES string of the molecule is Cl[C](Cl)c1ccccc1. The lowest BCUT2D eigenvalue weighted by Crippen LogP contribution is -1.77. The Kier molecular flexibility index (Phi) is 2.38. The molecule has 0 amide bonds. The standard InChI is InChI=1S/C7H5Cl2/c8-7(9)6-4-2-1-3-5-6/h1-5H. The lowest BCUT2D eigenvalue weighted by atomic mass is 10.2. The van der Waals surface area contributed by atoms with Crippen LogP contribution in [0.2, 0.25) is 0 Å². The molecule has 0 aromatic heterocycles. The van der Waals surface area contributed by atoms with E-state index >= 15 is 0 Å². The number of benzene rings is 1. The molecule has 0 fully saturated rings. The Bertz CT molecular complexity index is 170. The van der Waals surface area contributed by atoms with Crippen LogP contribution < -0.4 is 0 Å². The molecule has 0 aliphatic rings. The molecule has 1 rings (SSSR count). The number of hydrogen-bond acceptors (Lipinski definition) is 0. The summed E-state index contributed by atoms with van der Waals surface area (Å²) in [5.74, 6) is 0. The van der Waals surface area contributed by atoms with Gasteiger partial charge in [0.05, 0.1) is 0 Å². The smallest absolute Gasteiger partial charge is 0.0925 e. The average molecular weight is 160 g/mol. The van der Waals surface area contributed by atoms with Crippen molar-refractivity contribution in [3.8, 4) is 0 Å². The van der Waals surface area contributed by atoms with E-state index in [1.54, 1.807) is 0 Å². The Morgan fingerprint density at radius 3 is 1.89 bits per heavy atom. The fraction of sp³-hybridized carbons (Fsp3) is 0. The predicted molar refractivity (Wildman–Crippen MR) is 40.5 cm³/mol. The molecular formula is C7H5Cl2. The molecule has 0 saturated carbocycles. The van der Waals surface area contributed by atoms with Gasteiger partial charge in [0.1, 0.15) is 0 Å². The zero-order chi connectivity index (χ0) is 6.69. The number of halogens is 2. The van der Waals surface area contributed by atoms with Gasteiger partial charge in [-0.2, -0.15) is 0 Å². The van der Waals surface area contributed by atoms with Crippen LogP contribution in [0.3, 0.4) is 0 Å². The molecule has 0 bridgehead atoms. The Morgan fingerprint density at radius 2 is 1.56 bits per heavy atom. The topological polar surface area (TPSA) is 0 Å². The summed E-state index contributed by atoms with van der Waals surface area (Å²) >= 11 is 11.0. The Labute approximate surface area is 64.4 Å².